The van der Waals surface area contributed by atoms with Gasteiger partial charge in [-0.2, -0.15) is 29.5 Å². The van der Waals surface area contributed by atoms with Crippen molar-refractivity contribution in [3.05, 3.63) is 58.1 Å². The van der Waals surface area contributed by atoms with Gasteiger partial charge in [-0.1, -0.05) is 23.4 Å². The summed E-state index contributed by atoms with van der Waals surface area (Å²) < 4.78 is 43.6. The highest BCUT2D eigenvalue weighted by atomic mass is 32.1. The standard InChI is InChI=1S/C17H14F3N3OS/c18-17(19,20)14-3-1-2-11(6-14)7-23-8-13(9-23)16-21-15(22-24-16)12-4-5-25-10-12/h1-6,10,13H,7-9H2. The zero-order chi connectivity index (χ0) is 17.4. The van der Waals surface area contributed by atoms with E-state index in [0.717, 1.165) is 11.6 Å². The van der Waals surface area contributed by atoms with Crippen LogP contribution in [0.4, 0.5) is 13.2 Å². The summed E-state index contributed by atoms with van der Waals surface area (Å²) >= 11 is 1.57. The van der Waals surface area contributed by atoms with Crippen LogP contribution in [-0.2, 0) is 12.7 Å². The lowest BCUT2D eigenvalue weighted by atomic mass is 9.99. The maximum Gasteiger partial charge on any atom is 0.416 e. The van der Waals surface area contributed by atoms with E-state index >= 15 is 0 Å². The van der Waals surface area contributed by atoms with Crippen molar-refractivity contribution < 1.29 is 17.7 Å². The topological polar surface area (TPSA) is 42.2 Å². The molecule has 1 saturated heterocycles. The minimum atomic E-state index is -4.31. The predicted octanol–water partition coefficient (Wildman–Crippen LogP) is 4.42. The Labute approximate surface area is 145 Å². The average molecular weight is 365 g/mol. The highest BCUT2D eigenvalue weighted by Crippen LogP contribution is 2.32. The lowest BCUT2D eigenvalue weighted by Gasteiger charge is -2.37. The maximum atomic E-state index is 12.8. The van der Waals surface area contributed by atoms with Crippen molar-refractivity contribution in [2.24, 2.45) is 0 Å². The van der Waals surface area contributed by atoms with E-state index in [-0.39, 0.29) is 5.92 Å². The third-order valence-electron chi connectivity index (χ3n) is 4.19. The van der Waals surface area contributed by atoms with E-state index in [9.17, 15) is 13.2 Å². The first-order valence-electron chi connectivity index (χ1n) is 7.74. The Bertz CT molecular complexity index is 854. The monoisotopic (exact) mass is 365 g/mol. The van der Waals surface area contributed by atoms with Crippen molar-refractivity contribution in [2.45, 2.75) is 18.6 Å². The van der Waals surface area contributed by atoms with E-state index in [2.05, 4.69) is 15.0 Å². The number of rotatable bonds is 4. The molecule has 0 unspecified atom stereocenters. The van der Waals surface area contributed by atoms with Crippen LogP contribution in [0, 0.1) is 0 Å². The van der Waals surface area contributed by atoms with Gasteiger partial charge in [0.1, 0.15) is 0 Å². The van der Waals surface area contributed by atoms with Crippen molar-refractivity contribution in [1.29, 1.82) is 0 Å². The lowest BCUT2D eigenvalue weighted by molar-refractivity contribution is -0.137. The molecule has 0 bridgehead atoms. The van der Waals surface area contributed by atoms with Gasteiger partial charge in [-0.3, -0.25) is 4.90 Å². The van der Waals surface area contributed by atoms with Crippen LogP contribution in [0.5, 0.6) is 0 Å². The predicted molar refractivity (Wildman–Crippen MR) is 87.1 cm³/mol. The van der Waals surface area contributed by atoms with Crippen molar-refractivity contribution in [1.82, 2.24) is 15.0 Å². The summed E-state index contributed by atoms with van der Waals surface area (Å²) in [4.78, 5) is 6.48. The Hall–Kier alpha value is -2.19. The number of thiophene rings is 1. The molecular formula is C17H14F3N3OS. The molecule has 0 amide bonds. The van der Waals surface area contributed by atoms with Crippen LogP contribution in [0.2, 0.25) is 0 Å². The van der Waals surface area contributed by atoms with Gasteiger partial charge in [-0.05, 0) is 23.1 Å². The molecule has 0 saturated carbocycles. The molecule has 1 aliphatic rings. The Kier molecular flexibility index (Phi) is 4.09. The second-order valence-corrected chi connectivity index (χ2v) is 6.84. The highest BCUT2D eigenvalue weighted by molar-refractivity contribution is 7.08. The number of alkyl halides is 3. The van der Waals surface area contributed by atoms with Crippen molar-refractivity contribution in [3.63, 3.8) is 0 Å². The molecule has 1 aromatic carbocycles. The first kappa shape index (κ1) is 16.3. The highest BCUT2D eigenvalue weighted by Gasteiger charge is 2.34. The van der Waals surface area contributed by atoms with Gasteiger partial charge in [-0.25, -0.2) is 0 Å². The Morgan fingerprint density at radius 1 is 1.24 bits per heavy atom. The average Bonchev–Trinajstić information content (AvgIpc) is 3.21. The van der Waals surface area contributed by atoms with E-state index in [1.165, 1.54) is 12.1 Å². The van der Waals surface area contributed by atoms with E-state index in [0.29, 0.717) is 36.9 Å². The number of likely N-dealkylation sites (tertiary alicyclic amines) is 1. The Morgan fingerprint density at radius 2 is 2.08 bits per heavy atom. The molecule has 3 aromatic rings. The summed E-state index contributed by atoms with van der Waals surface area (Å²) in [5.41, 5.74) is 0.970. The van der Waals surface area contributed by atoms with Crippen LogP contribution in [0.3, 0.4) is 0 Å². The van der Waals surface area contributed by atoms with Crippen LogP contribution in [-0.4, -0.2) is 28.1 Å². The van der Waals surface area contributed by atoms with E-state index in [4.69, 9.17) is 4.52 Å². The largest absolute Gasteiger partial charge is 0.416 e. The third-order valence-corrected chi connectivity index (χ3v) is 4.87. The molecule has 2 aromatic heterocycles. The Morgan fingerprint density at radius 3 is 2.80 bits per heavy atom. The summed E-state index contributed by atoms with van der Waals surface area (Å²) in [5.74, 6) is 1.29. The number of halogens is 3. The fourth-order valence-electron chi connectivity index (χ4n) is 2.87. The molecule has 0 spiro atoms. The molecule has 0 aliphatic carbocycles. The van der Waals surface area contributed by atoms with Gasteiger partial charge in [0.15, 0.2) is 0 Å². The fourth-order valence-corrected chi connectivity index (χ4v) is 3.50. The van der Waals surface area contributed by atoms with Crippen molar-refractivity contribution >= 4 is 11.3 Å². The number of benzene rings is 1. The smallest absolute Gasteiger partial charge is 0.339 e. The minimum Gasteiger partial charge on any atom is -0.339 e. The molecule has 3 heterocycles. The van der Waals surface area contributed by atoms with Gasteiger partial charge < -0.3 is 4.52 Å². The van der Waals surface area contributed by atoms with Crippen LogP contribution >= 0.6 is 11.3 Å². The van der Waals surface area contributed by atoms with Crippen LogP contribution in [0.15, 0.2) is 45.6 Å². The third kappa shape index (κ3) is 3.45. The van der Waals surface area contributed by atoms with E-state index in [1.54, 1.807) is 17.4 Å². The molecule has 0 radical (unpaired) electrons. The van der Waals surface area contributed by atoms with Gasteiger partial charge in [0.2, 0.25) is 11.7 Å². The summed E-state index contributed by atoms with van der Waals surface area (Å²) in [7, 11) is 0. The quantitative estimate of drug-likeness (QED) is 0.687. The summed E-state index contributed by atoms with van der Waals surface area (Å²) in [6.45, 7) is 1.87. The zero-order valence-electron chi connectivity index (χ0n) is 13.0. The number of nitrogens with zero attached hydrogens (tertiary/aromatic N) is 3. The second-order valence-electron chi connectivity index (χ2n) is 6.06. The zero-order valence-corrected chi connectivity index (χ0v) is 13.8. The van der Waals surface area contributed by atoms with Gasteiger partial charge in [0, 0.05) is 30.6 Å². The van der Waals surface area contributed by atoms with Crippen molar-refractivity contribution in [3.8, 4) is 11.4 Å². The first-order valence-corrected chi connectivity index (χ1v) is 8.68. The van der Waals surface area contributed by atoms with Crippen molar-refractivity contribution in [2.75, 3.05) is 13.1 Å². The molecule has 0 N–H and O–H groups in total. The van der Waals surface area contributed by atoms with Gasteiger partial charge >= 0.3 is 6.18 Å². The minimum absolute atomic E-state index is 0.130. The molecule has 0 atom stereocenters. The molecule has 4 rings (SSSR count). The molecule has 1 fully saturated rings. The number of aromatic nitrogens is 2. The molecular weight excluding hydrogens is 351 g/mol. The molecule has 25 heavy (non-hydrogen) atoms. The van der Waals surface area contributed by atoms with E-state index < -0.39 is 11.7 Å². The van der Waals surface area contributed by atoms with Crippen LogP contribution < -0.4 is 0 Å². The molecule has 130 valence electrons. The SMILES string of the molecule is FC(F)(F)c1cccc(CN2CC(c3nc(-c4ccsc4)no3)C2)c1. The van der Waals surface area contributed by atoms with Gasteiger partial charge in [-0.15, -0.1) is 0 Å². The lowest BCUT2D eigenvalue weighted by Crippen LogP contribution is -2.44. The van der Waals surface area contributed by atoms with Gasteiger partial charge in [0.25, 0.3) is 0 Å². The van der Waals surface area contributed by atoms with E-state index in [1.807, 2.05) is 16.8 Å². The first-order chi connectivity index (χ1) is 12.0. The summed E-state index contributed by atoms with van der Waals surface area (Å²) in [6, 6.07) is 7.38. The molecule has 1 aliphatic heterocycles. The second kappa shape index (κ2) is 6.27. The molecule has 8 heteroatoms. The normalized spacial score (nSPS) is 16.1. The van der Waals surface area contributed by atoms with Gasteiger partial charge in [0.05, 0.1) is 11.5 Å². The summed E-state index contributed by atoms with van der Waals surface area (Å²) in [6.07, 6.45) is -4.31. The maximum absolute atomic E-state index is 12.8. The van der Waals surface area contributed by atoms with Crippen LogP contribution in [0.25, 0.3) is 11.4 Å². The fraction of sp³-hybridized carbons (Fsp3) is 0.294. The summed E-state index contributed by atoms with van der Waals surface area (Å²) in [5, 5.41) is 7.89. The Balaban J connectivity index is 1.37. The molecule has 4 nitrogen and oxygen atoms in total. The number of hydrogen-bond donors (Lipinski definition) is 0. The number of hydrogen-bond acceptors (Lipinski definition) is 5. The van der Waals surface area contributed by atoms with Crippen LogP contribution in [0.1, 0.15) is 22.9 Å².